The Hall–Kier alpha value is -2.67. The van der Waals surface area contributed by atoms with Gasteiger partial charge in [0.1, 0.15) is 6.33 Å². The van der Waals surface area contributed by atoms with Crippen molar-refractivity contribution >= 4 is 17.1 Å². The van der Waals surface area contributed by atoms with Crippen LogP contribution in [0.2, 0.25) is 0 Å². The highest BCUT2D eigenvalue weighted by molar-refractivity contribution is 5.73. The topological polar surface area (TPSA) is 87.0 Å². The second-order valence-electron chi connectivity index (χ2n) is 5.73. The molecule has 23 heavy (non-hydrogen) atoms. The molecule has 1 aliphatic heterocycles. The van der Waals surface area contributed by atoms with Crippen molar-refractivity contribution in [2.45, 2.75) is 18.9 Å². The number of hydrogen-bond acceptors (Lipinski definition) is 5. The molecule has 0 atom stereocenters. The molecule has 7 heteroatoms. The smallest absolute Gasteiger partial charge is 0.280 e. The lowest BCUT2D eigenvalue weighted by molar-refractivity contribution is 0.145. The van der Waals surface area contributed by atoms with E-state index in [9.17, 15) is 9.90 Å². The predicted octanol–water partition coefficient (Wildman–Crippen LogP) is 1.07. The highest BCUT2D eigenvalue weighted by atomic mass is 16.3. The molecule has 3 heterocycles. The van der Waals surface area contributed by atoms with E-state index in [1.54, 1.807) is 6.33 Å². The minimum atomic E-state index is -0.267. The number of aliphatic hydroxyl groups excluding tert-OH is 1. The standard InChI is InChI=1S/C16H17N5O2/c22-12-6-8-20(9-7-12)16-18-14-13(15(23)19-16)17-10-21(14)11-4-2-1-3-5-11/h1-5,10,12,22H,6-9H2,(H,18,19,23). The number of piperidine rings is 1. The summed E-state index contributed by atoms with van der Waals surface area (Å²) in [6.45, 7) is 1.35. The molecule has 2 N–H and O–H groups in total. The molecule has 2 aromatic heterocycles. The van der Waals surface area contributed by atoms with Gasteiger partial charge in [-0.2, -0.15) is 4.98 Å². The van der Waals surface area contributed by atoms with Gasteiger partial charge in [0.15, 0.2) is 11.2 Å². The van der Waals surface area contributed by atoms with E-state index < -0.39 is 0 Å². The predicted molar refractivity (Wildman–Crippen MR) is 86.9 cm³/mol. The van der Waals surface area contributed by atoms with E-state index in [1.807, 2.05) is 39.8 Å². The van der Waals surface area contributed by atoms with Crippen LogP contribution in [-0.4, -0.2) is 43.8 Å². The van der Waals surface area contributed by atoms with Gasteiger partial charge in [0.2, 0.25) is 5.95 Å². The third-order valence-corrected chi connectivity index (χ3v) is 4.19. The Balaban J connectivity index is 1.81. The summed E-state index contributed by atoms with van der Waals surface area (Å²) in [5, 5.41) is 9.63. The number of nitrogens with zero attached hydrogens (tertiary/aromatic N) is 4. The average Bonchev–Trinajstić information content (AvgIpc) is 3.01. The first-order valence-electron chi connectivity index (χ1n) is 7.68. The molecule has 0 aliphatic carbocycles. The zero-order valence-corrected chi connectivity index (χ0v) is 12.5. The van der Waals surface area contributed by atoms with Gasteiger partial charge in [0, 0.05) is 18.8 Å². The molecule has 4 rings (SSSR count). The number of rotatable bonds is 2. The third-order valence-electron chi connectivity index (χ3n) is 4.19. The first kappa shape index (κ1) is 14.0. The van der Waals surface area contributed by atoms with Crippen LogP contribution in [0.5, 0.6) is 0 Å². The molecule has 118 valence electrons. The van der Waals surface area contributed by atoms with E-state index >= 15 is 0 Å². The van der Waals surface area contributed by atoms with Crippen molar-refractivity contribution in [2.75, 3.05) is 18.0 Å². The Labute approximate surface area is 132 Å². The number of anilines is 1. The van der Waals surface area contributed by atoms with Gasteiger partial charge in [-0.25, -0.2) is 4.98 Å². The zero-order valence-electron chi connectivity index (χ0n) is 12.5. The maximum atomic E-state index is 12.3. The lowest BCUT2D eigenvalue weighted by atomic mass is 10.1. The summed E-state index contributed by atoms with van der Waals surface area (Å²) < 4.78 is 1.81. The summed E-state index contributed by atoms with van der Waals surface area (Å²) in [4.78, 5) is 25.9. The van der Waals surface area contributed by atoms with Crippen molar-refractivity contribution in [3.8, 4) is 5.69 Å². The summed E-state index contributed by atoms with van der Waals surface area (Å²) in [7, 11) is 0. The molecule has 0 amide bonds. The fourth-order valence-electron chi connectivity index (χ4n) is 2.90. The summed E-state index contributed by atoms with van der Waals surface area (Å²) in [6.07, 6.45) is 2.71. The number of para-hydroxylation sites is 1. The largest absolute Gasteiger partial charge is 0.393 e. The second kappa shape index (κ2) is 5.51. The maximum Gasteiger partial charge on any atom is 0.280 e. The molecular formula is C16H17N5O2. The van der Waals surface area contributed by atoms with Crippen molar-refractivity contribution in [2.24, 2.45) is 0 Å². The lowest BCUT2D eigenvalue weighted by Gasteiger charge is -2.29. The molecule has 1 saturated heterocycles. The van der Waals surface area contributed by atoms with Gasteiger partial charge in [-0.15, -0.1) is 0 Å². The van der Waals surface area contributed by atoms with E-state index in [1.165, 1.54) is 0 Å². The van der Waals surface area contributed by atoms with Gasteiger partial charge >= 0.3 is 0 Å². The first-order valence-corrected chi connectivity index (χ1v) is 7.68. The van der Waals surface area contributed by atoms with Crippen LogP contribution in [0.1, 0.15) is 12.8 Å². The summed E-state index contributed by atoms with van der Waals surface area (Å²) >= 11 is 0. The Morgan fingerprint density at radius 2 is 1.91 bits per heavy atom. The second-order valence-corrected chi connectivity index (χ2v) is 5.73. The number of fused-ring (bicyclic) bond motifs is 1. The summed E-state index contributed by atoms with van der Waals surface area (Å²) in [6, 6.07) is 9.69. The van der Waals surface area contributed by atoms with Gasteiger partial charge in [-0.05, 0) is 25.0 Å². The highest BCUT2D eigenvalue weighted by Crippen LogP contribution is 2.19. The van der Waals surface area contributed by atoms with Crippen LogP contribution in [0.3, 0.4) is 0 Å². The molecule has 7 nitrogen and oxygen atoms in total. The SMILES string of the molecule is O=c1[nH]c(N2CCC(O)CC2)nc2c1ncn2-c1ccccc1. The molecule has 0 spiro atoms. The first-order chi connectivity index (χ1) is 11.2. The number of hydrogen-bond donors (Lipinski definition) is 2. The fourth-order valence-corrected chi connectivity index (χ4v) is 2.90. The molecule has 0 radical (unpaired) electrons. The van der Waals surface area contributed by atoms with E-state index in [0.29, 0.717) is 43.0 Å². The normalized spacial score (nSPS) is 16.1. The molecule has 1 aromatic carbocycles. The Kier molecular flexibility index (Phi) is 3.34. The van der Waals surface area contributed by atoms with Gasteiger partial charge in [0.05, 0.1) is 6.10 Å². The molecule has 3 aromatic rings. The zero-order chi connectivity index (χ0) is 15.8. The van der Waals surface area contributed by atoms with Gasteiger partial charge in [-0.3, -0.25) is 14.3 Å². The summed E-state index contributed by atoms with van der Waals surface area (Å²) in [5.41, 5.74) is 1.54. The molecule has 1 fully saturated rings. The van der Waals surface area contributed by atoms with Crippen LogP contribution in [0.4, 0.5) is 5.95 Å². The molecule has 0 unspecified atom stereocenters. The van der Waals surface area contributed by atoms with Crippen LogP contribution < -0.4 is 10.5 Å². The van der Waals surface area contributed by atoms with E-state index in [4.69, 9.17) is 0 Å². The Morgan fingerprint density at radius 1 is 1.17 bits per heavy atom. The van der Waals surface area contributed by atoms with Crippen LogP contribution in [0.25, 0.3) is 16.9 Å². The average molecular weight is 311 g/mol. The van der Waals surface area contributed by atoms with E-state index in [0.717, 1.165) is 5.69 Å². The monoisotopic (exact) mass is 311 g/mol. The minimum absolute atomic E-state index is 0.245. The number of imidazole rings is 1. The highest BCUT2D eigenvalue weighted by Gasteiger charge is 2.20. The number of benzene rings is 1. The molecular weight excluding hydrogens is 294 g/mol. The number of aromatic amines is 1. The quantitative estimate of drug-likeness (QED) is 0.739. The molecule has 0 saturated carbocycles. The lowest BCUT2D eigenvalue weighted by Crippen LogP contribution is -2.37. The van der Waals surface area contributed by atoms with E-state index in [2.05, 4.69) is 15.0 Å². The Bertz CT molecular complexity index is 878. The van der Waals surface area contributed by atoms with Crippen molar-refractivity contribution in [3.05, 3.63) is 47.0 Å². The molecule has 1 aliphatic rings. The molecule has 0 bridgehead atoms. The number of aromatic nitrogens is 4. The van der Waals surface area contributed by atoms with Crippen LogP contribution in [0.15, 0.2) is 41.5 Å². The minimum Gasteiger partial charge on any atom is -0.393 e. The van der Waals surface area contributed by atoms with Crippen molar-refractivity contribution in [1.82, 2.24) is 19.5 Å². The fraction of sp³-hybridized carbons (Fsp3) is 0.312. The van der Waals surface area contributed by atoms with Crippen LogP contribution in [-0.2, 0) is 0 Å². The maximum absolute atomic E-state index is 12.3. The van der Waals surface area contributed by atoms with Gasteiger partial charge in [-0.1, -0.05) is 18.2 Å². The van der Waals surface area contributed by atoms with Crippen LogP contribution in [0, 0.1) is 0 Å². The number of H-pyrrole nitrogens is 1. The van der Waals surface area contributed by atoms with Crippen LogP contribution >= 0.6 is 0 Å². The van der Waals surface area contributed by atoms with Gasteiger partial charge < -0.3 is 10.0 Å². The van der Waals surface area contributed by atoms with Crippen molar-refractivity contribution < 1.29 is 5.11 Å². The third kappa shape index (κ3) is 2.49. The van der Waals surface area contributed by atoms with Crippen molar-refractivity contribution in [1.29, 1.82) is 0 Å². The summed E-state index contributed by atoms with van der Waals surface area (Å²) in [5.74, 6) is 0.534. The van der Waals surface area contributed by atoms with Crippen molar-refractivity contribution in [3.63, 3.8) is 0 Å². The number of nitrogens with one attached hydrogen (secondary N) is 1. The van der Waals surface area contributed by atoms with E-state index in [-0.39, 0.29) is 11.7 Å². The Morgan fingerprint density at radius 3 is 2.65 bits per heavy atom. The van der Waals surface area contributed by atoms with Gasteiger partial charge in [0.25, 0.3) is 5.56 Å². The number of aliphatic hydroxyl groups is 1.